The average Bonchev–Trinajstić information content (AvgIpc) is 3.20. The number of nitrogens with zero attached hydrogens (tertiary/aromatic N) is 2. The molecule has 0 aliphatic carbocycles. The first-order chi connectivity index (χ1) is 27.4. The van der Waals surface area contributed by atoms with Crippen molar-refractivity contribution in [2.24, 2.45) is 5.92 Å². The van der Waals surface area contributed by atoms with Crippen molar-refractivity contribution in [3.8, 4) is 0 Å². The van der Waals surface area contributed by atoms with Crippen molar-refractivity contribution in [3.63, 3.8) is 0 Å². The van der Waals surface area contributed by atoms with Gasteiger partial charge in [-0.15, -0.1) is 0 Å². The Bertz CT molecular complexity index is 1020. The Hall–Kier alpha value is -2.26. The zero-order chi connectivity index (χ0) is 40.6. The van der Waals surface area contributed by atoms with E-state index in [0.717, 1.165) is 90.4 Å². The maximum atomic E-state index is 12.6. The van der Waals surface area contributed by atoms with Crippen LogP contribution in [0.1, 0.15) is 174 Å². The van der Waals surface area contributed by atoms with Gasteiger partial charge in [-0.2, -0.15) is 0 Å². The van der Waals surface area contributed by atoms with Crippen LogP contribution < -0.4 is 0 Å². The van der Waals surface area contributed by atoms with Gasteiger partial charge in [-0.25, -0.2) is 0 Å². The Kier molecular flexibility index (Phi) is 36.6. The standard InChI is InChI=1S/C48H86N2O6/c1-4-6-8-10-12-14-16-18-20-22-24-26-28-30-32-34-46(51)54-42-45(44-56-48(53)36-37-50-40-38-49(3)39-41-50)43-55-47(52)35-33-31-29-27-25-23-21-19-17-15-13-11-9-7-5-2/h12-15,18-21,45-46,51H,4-11,16-17,22-44H2,1-3H3/b14-12-,15-13-,20-18-,21-19-. The number of aliphatic hydroxyl groups is 1. The Morgan fingerprint density at radius 1 is 0.554 bits per heavy atom. The van der Waals surface area contributed by atoms with Gasteiger partial charge in [-0.05, 0) is 90.5 Å². The smallest absolute Gasteiger partial charge is 0.307 e. The summed E-state index contributed by atoms with van der Waals surface area (Å²) < 4.78 is 17.0. The molecule has 0 saturated carbocycles. The maximum Gasteiger partial charge on any atom is 0.307 e. The van der Waals surface area contributed by atoms with Gasteiger partial charge in [0.25, 0.3) is 0 Å². The Morgan fingerprint density at radius 2 is 1.00 bits per heavy atom. The van der Waals surface area contributed by atoms with Crippen molar-refractivity contribution in [2.45, 2.75) is 181 Å². The van der Waals surface area contributed by atoms with Crippen molar-refractivity contribution < 1.29 is 28.9 Å². The molecule has 324 valence electrons. The predicted octanol–water partition coefficient (Wildman–Crippen LogP) is 11.3. The van der Waals surface area contributed by atoms with Gasteiger partial charge >= 0.3 is 11.9 Å². The Morgan fingerprint density at radius 3 is 1.52 bits per heavy atom. The van der Waals surface area contributed by atoms with E-state index in [1.54, 1.807) is 0 Å². The lowest BCUT2D eigenvalue weighted by Gasteiger charge is -2.32. The number of allylic oxidation sites excluding steroid dienone is 8. The second-order valence-electron chi connectivity index (χ2n) is 15.9. The van der Waals surface area contributed by atoms with Crippen molar-refractivity contribution in [1.82, 2.24) is 9.80 Å². The molecular formula is C48H86N2O6. The van der Waals surface area contributed by atoms with Crippen LogP contribution in [-0.2, 0) is 23.8 Å². The van der Waals surface area contributed by atoms with E-state index >= 15 is 0 Å². The predicted molar refractivity (Wildman–Crippen MR) is 235 cm³/mol. The molecule has 8 nitrogen and oxygen atoms in total. The van der Waals surface area contributed by atoms with E-state index in [9.17, 15) is 14.7 Å². The minimum absolute atomic E-state index is 0.106. The van der Waals surface area contributed by atoms with Crippen LogP contribution in [0.4, 0.5) is 0 Å². The van der Waals surface area contributed by atoms with E-state index in [0.29, 0.717) is 25.8 Å². The van der Waals surface area contributed by atoms with Gasteiger partial charge in [-0.1, -0.05) is 127 Å². The molecule has 0 aromatic rings. The molecule has 1 rings (SSSR count). The van der Waals surface area contributed by atoms with E-state index in [1.807, 2.05) is 0 Å². The molecule has 1 aliphatic heterocycles. The summed E-state index contributed by atoms with van der Waals surface area (Å²) in [5, 5.41) is 10.5. The first-order valence-electron chi connectivity index (χ1n) is 23.1. The fourth-order valence-corrected chi connectivity index (χ4v) is 6.57. The summed E-state index contributed by atoms with van der Waals surface area (Å²) in [6.45, 7) is 9.48. The van der Waals surface area contributed by atoms with Gasteiger partial charge in [0.2, 0.25) is 0 Å². The quantitative estimate of drug-likeness (QED) is 0.0286. The molecule has 0 aromatic heterocycles. The molecule has 0 aromatic carbocycles. The average molecular weight is 787 g/mol. The molecule has 1 heterocycles. The highest BCUT2D eigenvalue weighted by atomic mass is 16.6. The molecule has 0 amide bonds. The third-order valence-corrected chi connectivity index (χ3v) is 10.4. The van der Waals surface area contributed by atoms with Crippen LogP contribution in [-0.4, -0.2) is 92.7 Å². The van der Waals surface area contributed by atoms with Crippen molar-refractivity contribution in [2.75, 3.05) is 59.6 Å². The molecule has 1 aliphatic rings. The summed E-state index contributed by atoms with van der Waals surface area (Å²) in [6, 6.07) is 0. The van der Waals surface area contributed by atoms with Crippen molar-refractivity contribution in [3.05, 3.63) is 48.6 Å². The van der Waals surface area contributed by atoms with Crippen LogP contribution in [0, 0.1) is 5.92 Å². The number of piperazine rings is 1. The summed E-state index contributed by atoms with van der Waals surface area (Å²) >= 11 is 0. The van der Waals surface area contributed by atoms with E-state index in [-0.39, 0.29) is 37.7 Å². The maximum absolute atomic E-state index is 12.6. The van der Waals surface area contributed by atoms with Gasteiger partial charge in [0.05, 0.1) is 32.2 Å². The normalized spacial score (nSPS) is 15.5. The van der Waals surface area contributed by atoms with Crippen molar-refractivity contribution in [1.29, 1.82) is 0 Å². The summed E-state index contributed by atoms with van der Waals surface area (Å²) in [6.07, 6.45) is 43.9. The largest absolute Gasteiger partial charge is 0.465 e. The molecule has 0 bridgehead atoms. The first-order valence-corrected chi connectivity index (χ1v) is 23.1. The SMILES string of the molecule is CCCCC/C=C\C/C=C\CCCCCCCC(=O)OCC(COC(=O)CCN1CCN(C)CC1)COC(O)CCCCCCC/C=C\C/C=C\CCCCC. The number of hydrogen-bond acceptors (Lipinski definition) is 8. The molecule has 1 fully saturated rings. The molecule has 56 heavy (non-hydrogen) atoms. The van der Waals surface area contributed by atoms with Crippen LogP contribution in [0.15, 0.2) is 48.6 Å². The van der Waals surface area contributed by atoms with Crippen LogP contribution in [0.25, 0.3) is 0 Å². The van der Waals surface area contributed by atoms with Crippen LogP contribution in [0.5, 0.6) is 0 Å². The highest BCUT2D eigenvalue weighted by molar-refractivity contribution is 5.70. The third-order valence-electron chi connectivity index (χ3n) is 10.4. The number of carbonyl (C=O) groups is 2. The van der Waals surface area contributed by atoms with E-state index in [4.69, 9.17) is 14.2 Å². The molecule has 0 radical (unpaired) electrons. The second kappa shape index (κ2) is 39.6. The molecule has 0 spiro atoms. The number of rotatable bonds is 38. The van der Waals surface area contributed by atoms with Gasteiger partial charge in [-0.3, -0.25) is 9.59 Å². The fraction of sp³-hybridized carbons (Fsp3) is 0.792. The van der Waals surface area contributed by atoms with E-state index in [2.05, 4.69) is 79.3 Å². The van der Waals surface area contributed by atoms with Gasteiger partial charge in [0.15, 0.2) is 6.29 Å². The van der Waals surface area contributed by atoms with Crippen molar-refractivity contribution >= 4 is 11.9 Å². The lowest BCUT2D eigenvalue weighted by molar-refractivity contribution is -0.156. The molecule has 1 saturated heterocycles. The number of esters is 2. The van der Waals surface area contributed by atoms with E-state index < -0.39 is 6.29 Å². The minimum atomic E-state index is -0.883. The zero-order valence-corrected chi connectivity index (χ0v) is 36.5. The lowest BCUT2D eigenvalue weighted by Crippen LogP contribution is -2.45. The number of aliphatic hydroxyl groups excluding tert-OH is 1. The number of ether oxygens (including phenoxy) is 3. The van der Waals surface area contributed by atoms with Gasteiger partial charge in [0, 0.05) is 39.1 Å². The Labute approximate surface area is 344 Å². The van der Waals surface area contributed by atoms with Crippen LogP contribution in [0.3, 0.4) is 0 Å². The summed E-state index contributed by atoms with van der Waals surface area (Å²) in [7, 11) is 2.12. The topological polar surface area (TPSA) is 88.5 Å². The summed E-state index contributed by atoms with van der Waals surface area (Å²) in [4.78, 5) is 29.8. The highest BCUT2D eigenvalue weighted by Crippen LogP contribution is 2.13. The first kappa shape index (κ1) is 51.8. The number of hydrogen-bond donors (Lipinski definition) is 1. The minimum Gasteiger partial charge on any atom is -0.465 e. The molecule has 8 heteroatoms. The molecular weight excluding hydrogens is 701 g/mol. The zero-order valence-electron chi connectivity index (χ0n) is 36.5. The van der Waals surface area contributed by atoms with Crippen LogP contribution in [0.2, 0.25) is 0 Å². The van der Waals surface area contributed by atoms with Crippen LogP contribution >= 0.6 is 0 Å². The number of carbonyl (C=O) groups excluding carboxylic acids is 2. The lowest BCUT2D eigenvalue weighted by atomic mass is 10.1. The third kappa shape index (κ3) is 34.9. The summed E-state index contributed by atoms with van der Waals surface area (Å²) in [5.74, 6) is -0.806. The molecule has 2 atom stereocenters. The fourth-order valence-electron chi connectivity index (χ4n) is 6.57. The number of unbranched alkanes of at least 4 members (excludes halogenated alkanes) is 16. The Balaban J connectivity index is 2.28. The van der Waals surface area contributed by atoms with Gasteiger partial charge < -0.3 is 29.1 Å². The summed E-state index contributed by atoms with van der Waals surface area (Å²) in [5.41, 5.74) is 0. The monoisotopic (exact) mass is 787 g/mol. The molecule has 1 N–H and O–H groups in total. The highest BCUT2D eigenvalue weighted by Gasteiger charge is 2.19. The second-order valence-corrected chi connectivity index (χ2v) is 15.9. The van der Waals surface area contributed by atoms with E-state index in [1.165, 1.54) is 77.0 Å². The number of likely N-dealkylation sites (N-methyl/N-ethyl adjacent to an activating group) is 1. The van der Waals surface area contributed by atoms with Gasteiger partial charge in [0.1, 0.15) is 0 Å². The molecule has 2 unspecified atom stereocenters.